The number of nitrogens with zero attached hydrogens (tertiary/aromatic N) is 4. The lowest BCUT2D eigenvalue weighted by atomic mass is 10.0. The molecule has 2 aromatic carbocycles. The molecule has 0 N–H and O–H groups in total. The zero-order valence-corrected chi connectivity index (χ0v) is 29.1. The van der Waals surface area contributed by atoms with Crippen LogP contribution >= 0.6 is 0 Å². The fourth-order valence-corrected chi connectivity index (χ4v) is 7.42. The largest absolute Gasteiger partial charge is 0.502 e. The predicted octanol–water partition coefficient (Wildman–Crippen LogP) is 8.51. The number of fused-ring (bicyclic) bond motifs is 1. The smallest absolute Gasteiger partial charge is 0.256 e. The fraction of sp³-hybridized carbons (Fsp3) is 0.545. The molecule has 0 saturated carbocycles. The normalized spacial score (nSPS) is 16.4. The summed E-state index contributed by atoms with van der Waals surface area (Å²) in [6, 6.07) is 11.5. The predicted molar refractivity (Wildman–Crippen MR) is 176 cm³/mol. The molecule has 1 aromatic heterocycles. The average Bonchev–Trinajstić information content (AvgIpc) is 3.57. The van der Waals surface area contributed by atoms with E-state index in [0.29, 0.717) is 41.9 Å². The van der Waals surface area contributed by atoms with Gasteiger partial charge < -0.3 is 13.7 Å². The fourth-order valence-electron chi connectivity index (χ4n) is 5.00. The van der Waals surface area contributed by atoms with Crippen LogP contribution in [0.4, 0.5) is 5.69 Å². The van der Waals surface area contributed by atoms with Gasteiger partial charge in [0.2, 0.25) is 11.5 Å². The summed E-state index contributed by atoms with van der Waals surface area (Å²) in [7, 11) is -3.15. The lowest BCUT2D eigenvalue weighted by Crippen LogP contribution is -2.45. The minimum Gasteiger partial charge on any atom is -0.502 e. The number of benzene rings is 2. The first kappa shape index (κ1) is 33.1. The highest BCUT2D eigenvalue weighted by Gasteiger charge is 2.39. The van der Waals surface area contributed by atoms with E-state index in [9.17, 15) is 4.21 Å². The van der Waals surface area contributed by atoms with E-state index in [1.807, 2.05) is 52.8 Å². The summed E-state index contributed by atoms with van der Waals surface area (Å²) in [6.45, 7) is 29.9. The lowest BCUT2D eigenvalue weighted by Gasteiger charge is -2.38. The van der Waals surface area contributed by atoms with E-state index in [0.717, 1.165) is 29.5 Å². The maximum atomic E-state index is 13.9. The molecular weight excluding hydrogens is 577 g/mol. The lowest BCUT2D eigenvalue weighted by molar-refractivity contribution is 0.230. The van der Waals surface area contributed by atoms with E-state index < -0.39 is 24.1 Å². The van der Waals surface area contributed by atoms with Crippen molar-refractivity contribution in [1.82, 2.24) is 14.4 Å². The Morgan fingerprint density at radius 3 is 2.51 bits per heavy atom. The van der Waals surface area contributed by atoms with Crippen molar-refractivity contribution in [2.75, 3.05) is 13.2 Å². The van der Waals surface area contributed by atoms with E-state index in [1.54, 1.807) is 12.1 Å². The Balaban J connectivity index is 1.62. The maximum absolute atomic E-state index is 13.9. The summed E-state index contributed by atoms with van der Waals surface area (Å²) < 4.78 is 33.6. The van der Waals surface area contributed by atoms with Gasteiger partial charge in [0.1, 0.15) is 16.7 Å². The van der Waals surface area contributed by atoms with E-state index in [-0.39, 0.29) is 17.2 Å². The van der Waals surface area contributed by atoms with Crippen molar-refractivity contribution in [3.8, 4) is 28.6 Å². The molecule has 0 bridgehead atoms. The van der Waals surface area contributed by atoms with Crippen molar-refractivity contribution in [2.45, 2.75) is 103 Å². The maximum Gasteiger partial charge on any atom is 0.256 e. The van der Waals surface area contributed by atoms with Crippen LogP contribution in [0.3, 0.4) is 0 Å². The van der Waals surface area contributed by atoms with Gasteiger partial charge in [-0.2, -0.15) is 4.98 Å². The SMILES string of the molecule is [C-]#[N+]c1cc(-c2nc(-c3cccc4c3CC[C@@H]4N(CCO[Si](C)(C)C(C)(C)C)[S@@](=O)C(C)(C)C)no2)ccc1OC(C)C. The molecule has 4 rings (SSSR count). The molecule has 0 aliphatic heterocycles. The van der Waals surface area contributed by atoms with Gasteiger partial charge in [0, 0.05) is 30.3 Å². The van der Waals surface area contributed by atoms with Gasteiger partial charge in [0.05, 0.1) is 17.4 Å². The van der Waals surface area contributed by atoms with Crippen LogP contribution in [0.2, 0.25) is 18.1 Å². The summed E-state index contributed by atoms with van der Waals surface area (Å²) in [5, 5.41) is 4.44. The Morgan fingerprint density at radius 1 is 1.16 bits per heavy atom. The average molecular weight is 623 g/mol. The van der Waals surface area contributed by atoms with Gasteiger partial charge in [0.15, 0.2) is 8.32 Å². The van der Waals surface area contributed by atoms with Crippen LogP contribution in [-0.4, -0.2) is 51.0 Å². The van der Waals surface area contributed by atoms with Gasteiger partial charge in [-0.25, -0.2) is 13.4 Å². The van der Waals surface area contributed by atoms with Crippen molar-refractivity contribution in [3.05, 3.63) is 58.9 Å². The summed E-state index contributed by atoms with van der Waals surface area (Å²) >= 11 is 0. The molecule has 0 radical (unpaired) electrons. The Morgan fingerprint density at radius 2 is 1.88 bits per heavy atom. The van der Waals surface area contributed by atoms with Crippen LogP contribution in [0.25, 0.3) is 27.7 Å². The standard InChI is InChI=1S/C33H46N4O4SSi/c1-22(2)40-29-18-15-23(21-27(29)34-9)31-35-30(36-41-31)26-14-12-13-25-24(26)16-17-28(25)37(42(38)32(3,4)5)19-20-39-43(10,11)33(6,7)8/h12-15,18,21-22,28H,16-17,19-20H2,1-8,10-11H3/t28-,42-/m0/s1. The number of hydrogen-bond donors (Lipinski definition) is 0. The Bertz CT molecular complexity index is 1510. The monoisotopic (exact) mass is 622 g/mol. The molecule has 8 nitrogen and oxygen atoms in total. The quantitative estimate of drug-likeness (QED) is 0.167. The second kappa shape index (κ2) is 12.6. The highest BCUT2D eigenvalue weighted by atomic mass is 32.2. The molecule has 1 aliphatic rings. The van der Waals surface area contributed by atoms with E-state index in [4.69, 9.17) is 25.2 Å². The number of aromatic nitrogens is 2. The van der Waals surface area contributed by atoms with Gasteiger partial charge in [-0.15, -0.1) is 0 Å². The molecule has 1 aliphatic carbocycles. The molecule has 0 amide bonds. The molecule has 0 spiro atoms. The van der Waals surface area contributed by atoms with Crippen LogP contribution in [0, 0.1) is 6.57 Å². The van der Waals surface area contributed by atoms with Crippen LogP contribution in [0.1, 0.15) is 79.0 Å². The third-order valence-corrected chi connectivity index (χ3v) is 14.7. The second-order valence-corrected chi connectivity index (χ2v) is 20.9. The Labute approximate surface area is 260 Å². The highest BCUT2D eigenvalue weighted by Crippen LogP contribution is 2.43. The molecule has 10 heteroatoms. The molecule has 0 fully saturated rings. The summed E-state index contributed by atoms with van der Waals surface area (Å²) in [5.41, 5.74) is 4.29. The van der Waals surface area contributed by atoms with Crippen molar-refractivity contribution in [1.29, 1.82) is 0 Å². The molecular formula is C33H46N4O4SSi. The first-order valence-corrected chi connectivity index (χ1v) is 19.0. The van der Waals surface area contributed by atoms with Gasteiger partial charge >= 0.3 is 0 Å². The summed E-state index contributed by atoms with van der Waals surface area (Å²) in [5.74, 6) is 1.39. The van der Waals surface area contributed by atoms with Crippen LogP contribution in [0.5, 0.6) is 5.75 Å². The highest BCUT2D eigenvalue weighted by molar-refractivity contribution is 7.84. The number of rotatable bonds is 10. The molecule has 3 aromatic rings. The van der Waals surface area contributed by atoms with E-state index >= 15 is 0 Å². The van der Waals surface area contributed by atoms with Crippen molar-refractivity contribution in [3.63, 3.8) is 0 Å². The zero-order valence-electron chi connectivity index (χ0n) is 27.3. The number of ether oxygens (including phenoxy) is 1. The minimum atomic E-state index is -1.94. The summed E-state index contributed by atoms with van der Waals surface area (Å²) in [4.78, 5) is 8.35. The third-order valence-electron chi connectivity index (χ3n) is 8.26. The Kier molecular flexibility index (Phi) is 9.72. The molecule has 1 heterocycles. The molecule has 0 saturated heterocycles. The topological polar surface area (TPSA) is 82.1 Å². The summed E-state index contributed by atoms with van der Waals surface area (Å²) in [6.07, 6.45) is 1.64. The molecule has 0 unspecified atom stereocenters. The van der Waals surface area contributed by atoms with Crippen molar-refractivity contribution < 1.29 is 17.9 Å². The van der Waals surface area contributed by atoms with E-state index in [2.05, 4.69) is 54.2 Å². The number of hydrogen-bond acceptors (Lipinski definition) is 6. The third kappa shape index (κ3) is 7.28. The van der Waals surface area contributed by atoms with E-state index in [1.165, 1.54) is 0 Å². The van der Waals surface area contributed by atoms with Crippen molar-refractivity contribution in [2.24, 2.45) is 0 Å². The van der Waals surface area contributed by atoms with Gasteiger partial charge in [-0.05, 0) is 94.9 Å². The molecule has 2 atom stereocenters. The molecule has 43 heavy (non-hydrogen) atoms. The van der Waals surface area contributed by atoms with Gasteiger partial charge in [-0.1, -0.05) is 44.1 Å². The Hall–Kier alpha value is -2.84. The van der Waals surface area contributed by atoms with Crippen molar-refractivity contribution >= 4 is 25.0 Å². The van der Waals surface area contributed by atoms with Crippen LogP contribution < -0.4 is 4.74 Å². The van der Waals surface area contributed by atoms with Crippen LogP contribution in [0.15, 0.2) is 40.9 Å². The first-order valence-electron chi connectivity index (χ1n) is 15.0. The molecule has 232 valence electrons. The van der Waals surface area contributed by atoms with Gasteiger partial charge in [-0.3, -0.25) is 0 Å². The van der Waals surface area contributed by atoms with Gasteiger partial charge in [0.25, 0.3) is 5.89 Å². The van der Waals surface area contributed by atoms with Crippen LogP contribution in [-0.2, 0) is 21.8 Å². The second-order valence-electron chi connectivity index (χ2n) is 13.9. The zero-order chi connectivity index (χ0) is 31.7. The minimum absolute atomic E-state index is 0.000814. The first-order chi connectivity index (χ1) is 20.0.